The van der Waals surface area contributed by atoms with Crippen molar-refractivity contribution in [2.45, 2.75) is 57.5 Å². The molecule has 1 aliphatic rings. The lowest BCUT2D eigenvalue weighted by molar-refractivity contribution is -0.0103. The summed E-state index contributed by atoms with van der Waals surface area (Å²) in [6.45, 7) is 2.24. The number of hydrogen-bond donors (Lipinski definition) is 1. The summed E-state index contributed by atoms with van der Waals surface area (Å²) < 4.78 is 6.45. The number of ether oxygens (including phenoxy) is 1. The van der Waals surface area contributed by atoms with Gasteiger partial charge in [-0.15, -0.1) is 0 Å². The summed E-state index contributed by atoms with van der Waals surface area (Å²) >= 11 is 3.50. The molecule has 1 aromatic rings. The number of methoxy groups -OCH3 is 1. The van der Waals surface area contributed by atoms with Crippen LogP contribution >= 0.6 is 15.9 Å². The Hall–Kier alpha value is -0.540. The van der Waals surface area contributed by atoms with Gasteiger partial charge in [0.1, 0.15) is 5.75 Å². The topological polar surface area (TPSA) is 29.5 Å². The lowest BCUT2D eigenvalue weighted by Crippen LogP contribution is -2.36. The van der Waals surface area contributed by atoms with Crippen molar-refractivity contribution in [3.63, 3.8) is 0 Å². The molecule has 0 saturated heterocycles. The molecule has 1 aliphatic carbocycles. The summed E-state index contributed by atoms with van der Waals surface area (Å²) in [6, 6.07) is 6.00. The molecule has 0 aromatic heterocycles. The van der Waals surface area contributed by atoms with Gasteiger partial charge in [-0.3, -0.25) is 0 Å². The largest absolute Gasteiger partial charge is 0.496 e. The van der Waals surface area contributed by atoms with Crippen LogP contribution < -0.4 is 4.74 Å². The van der Waals surface area contributed by atoms with Crippen molar-refractivity contribution < 1.29 is 9.84 Å². The van der Waals surface area contributed by atoms with Crippen molar-refractivity contribution in [1.82, 2.24) is 0 Å². The van der Waals surface area contributed by atoms with Crippen molar-refractivity contribution in [2.24, 2.45) is 5.92 Å². The third-order valence-corrected chi connectivity index (χ3v) is 4.99. The van der Waals surface area contributed by atoms with Crippen LogP contribution in [0.4, 0.5) is 0 Å². The van der Waals surface area contributed by atoms with Crippen molar-refractivity contribution in [2.75, 3.05) is 7.11 Å². The van der Waals surface area contributed by atoms with E-state index in [4.69, 9.17) is 4.74 Å². The first-order chi connectivity index (χ1) is 9.56. The average Bonchev–Trinajstić information content (AvgIpc) is 2.42. The minimum atomic E-state index is -0.557. The zero-order chi connectivity index (χ0) is 14.6. The maximum atomic E-state index is 10.9. The zero-order valence-electron chi connectivity index (χ0n) is 12.5. The van der Waals surface area contributed by atoms with Gasteiger partial charge in [0, 0.05) is 10.9 Å². The second kappa shape index (κ2) is 6.95. The van der Waals surface area contributed by atoms with E-state index in [0.29, 0.717) is 6.42 Å². The van der Waals surface area contributed by atoms with E-state index in [2.05, 4.69) is 28.9 Å². The lowest BCUT2D eigenvalue weighted by atomic mass is 9.74. The molecule has 0 amide bonds. The fourth-order valence-electron chi connectivity index (χ4n) is 3.33. The predicted octanol–water partition coefficient (Wildman–Crippen LogP) is 4.72. The van der Waals surface area contributed by atoms with Crippen LogP contribution in [0.25, 0.3) is 0 Å². The first-order valence-corrected chi connectivity index (χ1v) is 8.40. The molecule has 0 unspecified atom stereocenters. The molecule has 0 radical (unpaired) electrons. The molecule has 112 valence electrons. The molecular weight excluding hydrogens is 316 g/mol. The van der Waals surface area contributed by atoms with Crippen molar-refractivity contribution in [3.8, 4) is 5.75 Å². The monoisotopic (exact) mass is 340 g/mol. The second-order valence-corrected chi connectivity index (χ2v) is 7.01. The molecule has 1 N–H and O–H groups in total. The van der Waals surface area contributed by atoms with Crippen LogP contribution in [-0.4, -0.2) is 17.8 Å². The van der Waals surface area contributed by atoms with Gasteiger partial charge in [0.05, 0.1) is 12.7 Å². The van der Waals surface area contributed by atoms with E-state index in [9.17, 15) is 5.11 Å². The Labute approximate surface area is 130 Å². The Morgan fingerprint density at radius 1 is 1.35 bits per heavy atom. The Morgan fingerprint density at radius 2 is 2.05 bits per heavy atom. The summed E-state index contributed by atoms with van der Waals surface area (Å²) in [5.41, 5.74) is 0.538. The Morgan fingerprint density at radius 3 is 2.65 bits per heavy atom. The molecule has 20 heavy (non-hydrogen) atoms. The molecular formula is C17H25BrO2. The number of halogens is 1. The van der Waals surface area contributed by atoms with Crippen LogP contribution in [0.5, 0.6) is 5.75 Å². The minimum absolute atomic E-state index is 0.557. The molecule has 0 bridgehead atoms. The van der Waals surface area contributed by atoms with Crippen LogP contribution in [0.15, 0.2) is 22.7 Å². The van der Waals surface area contributed by atoms with Crippen molar-refractivity contribution in [1.29, 1.82) is 0 Å². The van der Waals surface area contributed by atoms with E-state index in [1.54, 1.807) is 7.11 Å². The highest BCUT2D eigenvalue weighted by Crippen LogP contribution is 2.38. The maximum Gasteiger partial charge on any atom is 0.122 e. The Kier molecular flexibility index (Phi) is 5.50. The average molecular weight is 341 g/mol. The molecule has 0 spiro atoms. The smallest absolute Gasteiger partial charge is 0.122 e. The van der Waals surface area contributed by atoms with Gasteiger partial charge < -0.3 is 9.84 Å². The summed E-state index contributed by atoms with van der Waals surface area (Å²) in [5.74, 6) is 1.68. The van der Waals surface area contributed by atoms with E-state index in [1.165, 1.54) is 12.8 Å². The Bertz CT molecular complexity index is 437. The third-order valence-electron chi connectivity index (χ3n) is 4.49. The number of hydrogen-bond acceptors (Lipinski definition) is 2. The minimum Gasteiger partial charge on any atom is -0.496 e. The lowest BCUT2D eigenvalue weighted by Gasteiger charge is -2.36. The molecule has 3 heteroatoms. The zero-order valence-corrected chi connectivity index (χ0v) is 14.1. The number of aliphatic hydroxyl groups is 1. The van der Waals surface area contributed by atoms with Crippen LogP contribution in [0, 0.1) is 5.92 Å². The summed E-state index contributed by atoms with van der Waals surface area (Å²) in [5, 5.41) is 10.9. The third kappa shape index (κ3) is 3.98. The van der Waals surface area contributed by atoms with Gasteiger partial charge in [0.25, 0.3) is 0 Å². The quantitative estimate of drug-likeness (QED) is 0.840. The van der Waals surface area contributed by atoms with Gasteiger partial charge in [-0.25, -0.2) is 0 Å². The highest BCUT2D eigenvalue weighted by Gasteiger charge is 2.33. The van der Waals surface area contributed by atoms with E-state index in [1.807, 2.05) is 12.1 Å². The van der Waals surface area contributed by atoms with Gasteiger partial charge in [0.2, 0.25) is 0 Å². The SMILES string of the molecule is CCCC1CCC(O)(Cc2cc(Br)ccc2OC)CC1. The molecule has 0 aliphatic heterocycles. The van der Waals surface area contributed by atoms with E-state index >= 15 is 0 Å². The van der Waals surface area contributed by atoms with E-state index in [0.717, 1.165) is 47.4 Å². The first kappa shape index (κ1) is 15.8. The van der Waals surface area contributed by atoms with Gasteiger partial charge >= 0.3 is 0 Å². The number of rotatable bonds is 5. The summed E-state index contributed by atoms with van der Waals surface area (Å²) in [6.07, 6.45) is 7.37. The van der Waals surface area contributed by atoms with Gasteiger partial charge in [-0.2, -0.15) is 0 Å². The molecule has 1 fully saturated rings. The molecule has 0 atom stereocenters. The maximum absolute atomic E-state index is 10.9. The summed E-state index contributed by atoms with van der Waals surface area (Å²) in [4.78, 5) is 0. The van der Waals surface area contributed by atoms with E-state index in [-0.39, 0.29) is 0 Å². The fraction of sp³-hybridized carbons (Fsp3) is 0.647. The predicted molar refractivity (Wildman–Crippen MR) is 86.2 cm³/mol. The van der Waals surface area contributed by atoms with Crippen LogP contribution in [0.2, 0.25) is 0 Å². The normalized spacial score (nSPS) is 26.5. The molecule has 0 heterocycles. The van der Waals surface area contributed by atoms with Crippen LogP contribution in [0.3, 0.4) is 0 Å². The standard InChI is InChI=1S/C17H25BrO2/c1-3-4-13-7-9-17(19,10-8-13)12-14-11-15(18)5-6-16(14)20-2/h5-6,11,13,19H,3-4,7-10,12H2,1-2H3. The van der Waals surface area contributed by atoms with Crippen LogP contribution in [0.1, 0.15) is 51.0 Å². The van der Waals surface area contributed by atoms with Crippen molar-refractivity contribution in [3.05, 3.63) is 28.2 Å². The first-order valence-electron chi connectivity index (χ1n) is 7.61. The van der Waals surface area contributed by atoms with Crippen molar-refractivity contribution >= 4 is 15.9 Å². The Balaban J connectivity index is 2.04. The molecule has 2 nitrogen and oxygen atoms in total. The summed E-state index contributed by atoms with van der Waals surface area (Å²) in [7, 11) is 1.69. The molecule has 1 aromatic carbocycles. The number of benzene rings is 1. The van der Waals surface area contributed by atoms with Gasteiger partial charge in [-0.1, -0.05) is 35.7 Å². The second-order valence-electron chi connectivity index (χ2n) is 6.09. The van der Waals surface area contributed by atoms with Crippen LogP contribution in [-0.2, 0) is 6.42 Å². The molecule has 1 saturated carbocycles. The highest BCUT2D eigenvalue weighted by atomic mass is 79.9. The van der Waals surface area contributed by atoms with Gasteiger partial charge in [0.15, 0.2) is 0 Å². The fourth-order valence-corrected chi connectivity index (χ4v) is 3.74. The molecule has 2 rings (SSSR count). The van der Waals surface area contributed by atoms with Gasteiger partial charge in [-0.05, 0) is 55.4 Å². The van der Waals surface area contributed by atoms with E-state index < -0.39 is 5.60 Å². The highest BCUT2D eigenvalue weighted by molar-refractivity contribution is 9.10.